The SMILES string of the molecule is CCC(NC(=O)c1ccc(Cl)cc1)C1C2CC(n3nncc3CO)CC21. The van der Waals surface area contributed by atoms with Crippen LogP contribution in [0.4, 0.5) is 0 Å². The Labute approximate surface area is 157 Å². The van der Waals surface area contributed by atoms with E-state index >= 15 is 0 Å². The first-order valence-electron chi connectivity index (χ1n) is 9.18. The molecule has 2 fully saturated rings. The van der Waals surface area contributed by atoms with E-state index in [1.54, 1.807) is 30.5 Å². The highest BCUT2D eigenvalue weighted by molar-refractivity contribution is 6.30. The van der Waals surface area contributed by atoms with Crippen LogP contribution in [0.3, 0.4) is 0 Å². The van der Waals surface area contributed by atoms with Gasteiger partial charge in [-0.2, -0.15) is 0 Å². The van der Waals surface area contributed by atoms with E-state index in [1.165, 1.54) is 0 Å². The molecule has 1 aromatic heterocycles. The third-order valence-corrected chi connectivity index (χ3v) is 6.22. The van der Waals surface area contributed by atoms with Gasteiger partial charge in [-0.1, -0.05) is 23.7 Å². The summed E-state index contributed by atoms with van der Waals surface area (Å²) in [4.78, 5) is 12.5. The Hall–Kier alpha value is -1.92. The number of aliphatic hydroxyl groups excluding tert-OH is 1. The molecule has 0 aliphatic heterocycles. The van der Waals surface area contributed by atoms with E-state index in [9.17, 15) is 9.90 Å². The average molecular weight is 375 g/mol. The average Bonchev–Trinajstić information content (AvgIpc) is 3.04. The van der Waals surface area contributed by atoms with Gasteiger partial charge in [0.15, 0.2) is 0 Å². The second kappa shape index (κ2) is 7.00. The Morgan fingerprint density at radius 3 is 2.65 bits per heavy atom. The minimum absolute atomic E-state index is 0.0308. The van der Waals surface area contributed by atoms with Crippen molar-refractivity contribution in [2.75, 3.05) is 0 Å². The lowest BCUT2D eigenvalue weighted by atomic mass is 9.99. The van der Waals surface area contributed by atoms with E-state index in [2.05, 4.69) is 22.6 Å². The first-order chi connectivity index (χ1) is 12.6. The monoisotopic (exact) mass is 374 g/mol. The first-order valence-corrected chi connectivity index (χ1v) is 9.56. The molecule has 4 rings (SSSR count). The van der Waals surface area contributed by atoms with Crippen molar-refractivity contribution in [2.24, 2.45) is 17.8 Å². The van der Waals surface area contributed by atoms with Gasteiger partial charge in [0.25, 0.3) is 5.91 Å². The molecule has 0 radical (unpaired) electrons. The highest BCUT2D eigenvalue weighted by Crippen LogP contribution is 2.62. The molecular weight excluding hydrogens is 352 g/mol. The summed E-state index contributed by atoms with van der Waals surface area (Å²) in [5, 5.41) is 21.3. The lowest BCUT2D eigenvalue weighted by Crippen LogP contribution is -2.37. The molecule has 1 amide bonds. The molecule has 2 N–H and O–H groups in total. The Morgan fingerprint density at radius 2 is 2.04 bits per heavy atom. The fourth-order valence-corrected chi connectivity index (χ4v) is 4.79. The van der Waals surface area contributed by atoms with E-state index in [0.717, 1.165) is 25.0 Å². The number of rotatable bonds is 6. The van der Waals surface area contributed by atoms with Crippen LogP contribution in [0.2, 0.25) is 5.02 Å². The van der Waals surface area contributed by atoms with Gasteiger partial charge in [-0.3, -0.25) is 4.79 Å². The Balaban J connectivity index is 1.37. The number of aliphatic hydroxyl groups is 1. The van der Waals surface area contributed by atoms with Crippen LogP contribution in [0.1, 0.15) is 48.3 Å². The summed E-state index contributed by atoms with van der Waals surface area (Å²) in [5.74, 6) is 1.74. The number of benzene rings is 1. The van der Waals surface area contributed by atoms with Gasteiger partial charge in [0.05, 0.1) is 24.5 Å². The van der Waals surface area contributed by atoms with Crippen molar-refractivity contribution in [3.63, 3.8) is 0 Å². The summed E-state index contributed by atoms with van der Waals surface area (Å²) >= 11 is 5.89. The standard InChI is InChI=1S/C19H23ClN4O2/c1-2-17(22-19(26)11-3-5-12(20)6-4-11)18-15-7-13(8-16(15)18)24-14(10-25)9-21-23-24/h3-6,9,13,15-18,25H,2,7-8,10H2,1H3,(H,22,26). The zero-order valence-electron chi connectivity index (χ0n) is 14.7. The number of fused-ring (bicyclic) bond motifs is 1. The lowest BCUT2D eigenvalue weighted by molar-refractivity contribution is 0.0926. The maximum atomic E-state index is 12.5. The van der Waals surface area contributed by atoms with E-state index in [1.807, 2.05) is 4.68 Å². The number of carbonyl (C=O) groups is 1. The normalized spacial score (nSPS) is 27.8. The zero-order valence-corrected chi connectivity index (χ0v) is 15.4. The number of hydrogen-bond donors (Lipinski definition) is 2. The number of nitrogens with zero attached hydrogens (tertiary/aromatic N) is 3. The maximum absolute atomic E-state index is 12.5. The fourth-order valence-electron chi connectivity index (χ4n) is 4.67. The molecule has 26 heavy (non-hydrogen) atoms. The Kier molecular flexibility index (Phi) is 4.71. The van der Waals surface area contributed by atoms with E-state index in [-0.39, 0.29) is 18.6 Å². The third-order valence-electron chi connectivity index (χ3n) is 5.97. The number of hydrogen-bond acceptors (Lipinski definition) is 4. The molecule has 3 unspecified atom stereocenters. The van der Waals surface area contributed by atoms with Crippen LogP contribution < -0.4 is 5.32 Å². The summed E-state index contributed by atoms with van der Waals surface area (Å²) in [6, 6.07) is 7.51. The van der Waals surface area contributed by atoms with E-state index in [0.29, 0.717) is 34.4 Å². The number of amides is 1. The molecule has 2 saturated carbocycles. The largest absolute Gasteiger partial charge is 0.390 e. The molecule has 0 saturated heterocycles. The first kappa shape index (κ1) is 17.5. The van der Waals surface area contributed by atoms with Gasteiger partial charge in [0, 0.05) is 16.6 Å². The Bertz CT molecular complexity index is 779. The van der Waals surface area contributed by atoms with E-state index < -0.39 is 0 Å². The molecule has 0 bridgehead atoms. The molecule has 1 aromatic carbocycles. The molecule has 7 heteroatoms. The molecule has 3 atom stereocenters. The van der Waals surface area contributed by atoms with Gasteiger partial charge in [-0.25, -0.2) is 4.68 Å². The van der Waals surface area contributed by atoms with Gasteiger partial charge in [-0.05, 0) is 61.3 Å². The van der Waals surface area contributed by atoms with Crippen molar-refractivity contribution < 1.29 is 9.90 Å². The summed E-state index contributed by atoms with van der Waals surface area (Å²) in [6.07, 6.45) is 4.63. The van der Waals surface area contributed by atoms with Gasteiger partial charge < -0.3 is 10.4 Å². The van der Waals surface area contributed by atoms with Crippen molar-refractivity contribution >= 4 is 17.5 Å². The predicted molar refractivity (Wildman–Crippen MR) is 97.7 cm³/mol. The number of aromatic nitrogens is 3. The lowest BCUT2D eigenvalue weighted by Gasteiger charge is -2.22. The van der Waals surface area contributed by atoms with Crippen LogP contribution in [0.25, 0.3) is 0 Å². The number of nitrogens with one attached hydrogen (secondary N) is 1. The predicted octanol–water partition coefficient (Wildman–Crippen LogP) is 2.83. The van der Waals surface area contributed by atoms with Crippen molar-refractivity contribution in [1.82, 2.24) is 20.3 Å². The van der Waals surface area contributed by atoms with Crippen LogP contribution in [0, 0.1) is 17.8 Å². The summed E-state index contributed by atoms with van der Waals surface area (Å²) in [7, 11) is 0. The second-order valence-electron chi connectivity index (χ2n) is 7.35. The van der Waals surface area contributed by atoms with Crippen LogP contribution in [-0.2, 0) is 6.61 Å². The molecule has 1 heterocycles. The summed E-state index contributed by atoms with van der Waals surface area (Å²) in [5.41, 5.74) is 1.42. The van der Waals surface area contributed by atoms with Crippen LogP contribution in [0.15, 0.2) is 30.5 Å². The van der Waals surface area contributed by atoms with Gasteiger partial charge >= 0.3 is 0 Å². The van der Waals surface area contributed by atoms with Crippen molar-refractivity contribution in [3.8, 4) is 0 Å². The molecule has 2 aromatic rings. The van der Waals surface area contributed by atoms with Crippen LogP contribution in [0.5, 0.6) is 0 Å². The van der Waals surface area contributed by atoms with Crippen LogP contribution >= 0.6 is 11.6 Å². The molecule has 0 spiro atoms. The number of carbonyl (C=O) groups excluding carboxylic acids is 1. The van der Waals surface area contributed by atoms with Crippen LogP contribution in [-0.4, -0.2) is 32.0 Å². The summed E-state index contributed by atoms with van der Waals surface area (Å²) < 4.78 is 1.87. The smallest absolute Gasteiger partial charge is 0.251 e. The van der Waals surface area contributed by atoms with Crippen molar-refractivity contribution in [1.29, 1.82) is 0 Å². The third kappa shape index (κ3) is 3.12. The number of halogens is 1. The fraction of sp³-hybridized carbons (Fsp3) is 0.526. The van der Waals surface area contributed by atoms with Gasteiger partial charge in [0.1, 0.15) is 0 Å². The molecule has 2 aliphatic carbocycles. The summed E-state index contributed by atoms with van der Waals surface area (Å²) in [6.45, 7) is 2.09. The van der Waals surface area contributed by atoms with E-state index in [4.69, 9.17) is 11.6 Å². The molecule has 6 nitrogen and oxygen atoms in total. The maximum Gasteiger partial charge on any atom is 0.251 e. The topological polar surface area (TPSA) is 80.0 Å². The highest BCUT2D eigenvalue weighted by atomic mass is 35.5. The van der Waals surface area contributed by atoms with Gasteiger partial charge in [0.2, 0.25) is 0 Å². The molecule has 2 aliphatic rings. The van der Waals surface area contributed by atoms with Crippen molar-refractivity contribution in [2.45, 2.75) is 44.9 Å². The Morgan fingerprint density at radius 1 is 1.35 bits per heavy atom. The quantitative estimate of drug-likeness (QED) is 0.814. The minimum atomic E-state index is -0.0334. The molecular formula is C19H23ClN4O2. The van der Waals surface area contributed by atoms with Crippen molar-refractivity contribution in [3.05, 3.63) is 46.7 Å². The zero-order chi connectivity index (χ0) is 18.3. The minimum Gasteiger partial charge on any atom is -0.390 e. The second-order valence-corrected chi connectivity index (χ2v) is 7.79. The molecule has 138 valence electrons. The van der Waals surface area contributed by atoms with Gasteiger partial charge in [-0.15, -0.1) is 5.10 Å². The highest BCUT2D eigenvalue weighted by Gasteiger charge is 2.59.